The molecule has 0 bridgehead atoms. The van der Waals surface area contributed by atoms with Gasteiger partial charge in [0.15, 0.2) is 0 Å². The van der Waals surface area contributed by atoms with Gasteiger partial charge in [-0.2, -0.15) is 13.2 Å². The SMILES string of the molecule is Cc1nc(NCc2ccnc(N3CCOC(C)C3)c2)cc(-c2ccccn2)n1.O=C(O)C(F)(F)F. The quantitative estimate of drug-likeness (QED) is 0.552. The van der Waals surface area contributed by atoms with Crippen LogP contribution in [-0.2, 0) is 16.1 Å². The number of anilines is 2. The Labute approximate surface area is 200 Å². The lowest BCUT2D eigenvalue weighted by Crippen LogP contribution is -2.41. The molecule has 4 rings (SSSR count). The van der Waals surface area contributed by atoms with Gasteiger partial charge in [0.1, 0.15) is 17.5 Å². The maximum absolute atomic E-state index is 10.6. The van der Waals surface area contributed by atoms with E-state index >= 15 is 0 Å². The number of aromatic nitrogens is 4. The first-order valence-electron chi connectivity index (χ1n) is 10.7. The van der Waals surface area contributed by atoms with E-state index in [0.717, 1.165) is 48.3 Å². The molecule has 0 radical (unpaired) electrons. The zero-order valence-electron chi connectivity index (χ0n) is 19.2. The Kier molecular flexibility index (Phi) is 8.53. The summed E-state index contributed by atoms with van der Waals surface area (Å²) in [6.07, 6.45) is -1.23. The van der Waals surface area contributed by atoms with E-state index in [9.17, 15) is 13.2 Å². The molecular weight excluding hydrogens is 465 g/mol. The van der Waals surface area contributed by atoms with E-state index < -0.39 is 12.1 Å². The maximum Gasteiger partial charge on any atom is 0.490 e. The average Bonchev–Trinajstić information content (AvgIpc) is 2.83. The van der Waals surface area contributed by atoms with Gasteiger partial charge in [0.25, 0.3) is 0 Å². The molecule has 0 saturated carbocycles. The van der Waals surface area contributed by atoms with E-state index in [2.05, 4.69) is 43.1 Å². The number of morpholine rings is 1. The second kappa shape index (κ2) is 11.6. The van der Waals surface area contributed by atoms with Crippen molar-refractivity contribution >= 4 is 17.6 Å². The molecule has 1 atom stereocenters. The van der Waals surface area contributed by atoms with Crippen LogP contribution in [0.15, 0.2) is 48.8 Å². The molecule has 0 aliphatic carbocycles. The van der Waals surface area contributed by atoms with E-state index in [0.29, 0.717) is 12.4 Å². The normalized spacial score (nSPS) is 15.7. The van der Waals surface area contributed by atoms with Crippen LogP contribution >= 0.6 is 0 Å². The summed E-state index contributed by atoms with van der Waals surface area (Å²) in [5.74, 6) is -0.273. The van der Waals surface area contributed by atoms with Crippen molar-refractivity contribution in [2.75, 3.05) is 29.9 Å². The zero-order valence-corrected chi connectivity index (χ0v) is 19.2. The summed E-state index contributed by atoms with van der Waals surface area (Å²) in [4.78, 5) is 29.1. The molecule has 0 aromatic carbocycles. The molecule has 3 aromatic heterocycles. The predicted octanol–water partition coefficient (Wildman–Crippen LogP) is 3.71. The highest BCUT2D eigenvalue weighted by molar-refractivity contribution is 5.73. The molecule has 1 aliphatic heterocycles. The number of rotatable bonds is 5. The summed E-state index contributed by atoms with van der Waals surface area (Å²) in [5, 5.41) is 10.5. The number of nitrogens with zero attached hydrogens (tertiary/aromatic N) is 5. The zero-order chi connectivity index (χ0) is 25.4. The van der Waals surface area contributed by atoms with Crippen LogP contribution in [0, 0.1) is 6.92 Å². The number of hydrogen-bond acceptors (Lipinski definition) is 8. The first-order valence-corrected chi connectivity index (χ1v) is 10.7. The molecule has 0 amide bonds. The molecule has 3 aromatic rings. The third-order valence-corrected chi connectivity index (χ3v) is 4.86. The van der Waals surface area contributed by atoms with E-state index in [1.54, 1.807) is 6.20 Å². The maximum atomic E-state index is 10.6. The molecular formula is C23H25F3N6O3. The van der Waals surface area contributed by atoms with Crippen LogP contribution in [0.3, 0.4) is 0 Å². The molecule has 1 aliphatic rings. The van der Waals surface area contributed by atoms with Crippen LogP contribution in [0.4, 0.5) is 24.8 Å². The van der Waals surface area contributed by atoms with Gasteiger partial charge in [-0.1, -0.05) is 6.07 Å². The molecule has 2 N–H and O–H groups in total. The third-order valence-electron chi connectivity index (χ3n) is 4.86. The Morgan fingerprint density at radius 1 is 1.17 bits per heavy atom. The monoisotopic (exact) mass is 490 g/mol. The minimum absolute atomic E-state index is 0.228. The Morgan fingerprint density at radius 3 is 2.60 bits per heavy atom. The number of carbonyl (C=O) groups is 1. The molecule has 9 nitrogen and oxygen atoms in total. The van der Waals surface area contributed by atoms with E-state index in [1.807, 2.05) is 43.5 Å². The van der Waals surface area contributed by atoms with E-state index in [1.165, 1.54) is 0 Å². The van der Waals surface area contributed by atoms with Gasteiger partial charge in [0.2, 0.25) is 0 Å². The highest BCUT2D eigenvalue weighted by Crippen LogP contribution is 2.20. The van der Waals surface area contributed by atoms with Crippen molar-refractivity contribution in [1.29, 1.82) is 0 Å². The number of aryl methyl sites for hydroxylation is 1. The number of carboxylic acids is 1. The van der Waals surface area contributed by atoms with Crippen LogP contribution in [0.25, 0.3) is 11.4 Å². The van der Waals surface area contributed by atoms with Crippen molar-refractivity contribution in [2.45, 2.75) is 32.7 Å². The fraction of sp³-hybridized carbons (Fsp3) is 0.348. The van der Waals surface area contributed by atoms with Gasteiger partial charge >= 0.3 is 12.1 Å². The number of alkyl halides is 3. The van der Waals surface area contributed by atoms with Gasteiger partial charge in [-0.05, 0) is 43.7 Å². The van der Waals surface area contributed by atoms with Crippen molar-refractivity contribution in [3.63, 3.8) is 0 Å². The van der Waals surface area contributed by atoms with Crippen molar-refractivity contribution in [3.8, 4) is 11.4 Å². The van der Waals surface area contributed by atoms with E-state index in [4.69, 9.17) is 14.6 Å². The van der Waals surface area contributed by atoms with Crippen LogP contribution in [-0.4, -0.2) is 63.0 Å². The summed E-state index contributed by atoms with van der Waals surface area (Å²) < 4.78 is 37.4. The average molecular weight is 490 g/mol. The lowest BCUT2D eigenvalue weighted by molar-refractivity contribution is -0.192. The smallest absolute Gasteiger partial charge is 0.475 e. The van der Waals surface area contributed by atoms with Gasteiger partial charge in [0.05, 0.1) is 24.1 Å². The molecule has 1 unspecified atom stereocenters. The largest absolute Gasteiger partial charge is 0.490 e. The number of pyridine rings is 2. The van der Waals surface area contributed by atoms with Gasteiger partial charge in [0, 0.05) is 38.1 Å². The molecule has 0 spiro atoms. The predicted molar refractivity (Wildman–Crippen MR) is 123 cm³/mol. The summed E-state index contributed by atoms with van der Waals surface area (Å²) in [5.41, 5.74) is 2.80. The minimum Gasteiger partial charge on any atom is -0.475 e. The first-order chi connectivity index (χ1) is 16.6. The summed E-state index contributed by atoms with van der Waals surface area (Å²) >= 11 is 0. The van der Waals surface area contributed by atoms with E-state index in [-0.39, 0.29) is 6.10 Å². The molecule has 35 heavy (non-hydrogen) atoms. The summed E-state index contributed by atoms with van der Waals surface area (Å²) in [6, 6.07) is 11.9. The molecule has 12 heteroatoms. The van der Waals surface area contributed by atoms with Crippen LogP contribution in [0.2, 0.25) is 0 Å². The molecule has 4 heterocycles. The highest BCUT2D eigenvalue weighted by Gasteiger charge is 2.38. The highest BCUT2D eigenvalue weighted by atomic mass is 19.4. The molecule has 1 saturated heterocycles. The van der Waals surface area contributed by atoms with Crippen molar-refractivity contribution in [1.82, 2.24) is 19.9 Å². The van der Waals surface area contributed by atoms with Crippen molar-refractivity contribution in [2.24, 2.45) is 0 Å². The van der Waals surface area contributed by atoms with Gasteiger partial charge < -0.3 is 20.1 Å². The van der Waals surface area contributed by atoms with Crippen molar-refractivity contribution < 1.29 is 27.8 Å². The lowest BCUT2D eigenvalue weighted by atomic mass is 10.2. The van der Waals surface area contributed by atoms with Crippen LogP contribution < -0.4 is 10.2 Å². The number of ether oxygens (including phenoxy) is 1. The van der Waals surface area contributed by atoms with Crippen LogP contribution in [0.5, 0.6) is 0 Å². The standard InChI is InChI=1S/C21H24N6O.C2HF3O2/c1-15-14-27(9-10-28-15)21-11-17(6-8-23-21)13-24-20-12-19(25-16(2)26-20)18-5-3-4-7-22-18;3-2(4,5)1(6)7/h3-8,11-12,15H,9-10,13-14H2,1-2H3,(H,24,25,26);(H,6,7). The topological polar surface area (TPSA) is 113 Å². The first kappa shape index (κ1) is 25.8. The Morgan fingerprint density at radius 2 is 1.94 bits per heavy atom. The fourth-order valence-corrected chi connectivity index (χ4v) is 3.27. The van der Waals surface area contributed by atoms with Gasteiger partial charge in [-0.3, -0.25) is 4.98 Å². The van der Waals surface area contributed by atoms with Gasteiger partial charge in [-0.25, -0.2) is 19.7 Å². The Hall–Kier alpha value is -3.80. The number of hydrogen-bond donors (Lipinski definition) is 2. The molecule has 1 fully saturated rings. The second-order valence-corrected chi connectivity index (χ2v) is 7.71. The summed E-state index contributed by atoms with van der Waals surface area (Å²) in [7, 11) is 0. The number of carboxylic acid groups (broad SMARTS) is 1. The second-order valence-electron chi connectivity index (χ2n) is 7.71. The van der Waals surface area contributed by atoms with Crippen LogP contribution in [0.1, 0.15) is 18.3 Å². The lowest BCUT2D eigenvalue weighted by Gasteiger charge is -2.32. The Balaban J connectivity index is 0.000000429. The number of aliphatic carboxylic acids is 1. The number of halogens is 3. The third kappa shape index (κ3) is 7.88. The fourth-order valence-electron chi connectivity index (χ4n) is 3.27. The van der Waals surface area contributed by atoms with Gasteiger partial charge in [-0.15, -0.1) is 0 Å². The number of nitrogens with one attached hydrogen (secondary N) is 1. The minimum atomic E-state index is -5.08. The summed E-state index contributed by atoms with van der Waals surface area (Å²) in [6.45, 7) is 7.11. The molecule has 186 valence electrons. The van der Waals surface area contributed by atoms with Crippen molar-refractivity contribution in [3.05, 3.63) is 60.2 Å². The Bertz CT molecular complexity index is 1130.